The van der Waals surface area contributed by atoms with E-state index in [4.69, 9.17) is 17.3 Å². The van der Waals surface area contributed by atoms with Crippen LogP contribution in [0, 0.1) is 0 Å². The second kappa shape index (κ2) is 5.68. The van der Waals surface area contributed by atoms with E-state index in [1.807, 2.05) is 25.3 Å². The van der Waals surface area contributed by atoms with Crippen LogP contribution in [0.3, 0.4) is 0 Å². The van der Waals surface area contributed by atoms with Crippen molar-refractivity contribution in [3.63, 3.8) is 0 Å². The van der Waals surface area contributed by atoms with Crippen LogP contribution < -0.4 is 11.1 Å². The Hall–Kier alpha value is -0.990. The fourth-order valence-electron chi connectivity index (χ4n) is 1.12. The highest BCUT2D eigenvalue weighted by atomic mass is 35.5. The molecule has 0 saturated heterocycles. The molecule has 14 heavy (non-hydrogen) atoms. The molecule has 0 aliphatic rings. The molecule has 0 unspecified atom stereocenters. The van der Waals surface area contributed by atoms with E-state index in [1.54, 1.807) is 6.07 Å². The molecule has 0 radical (unpaired) electrons. The Morgan fingerprint density at radius 2 is 2.29 bits per heavy atom. The molecule has 0 aromatic heterocycles. The van der Waals surface area contributed by atoms with E-state index < -0.39 is 0 Å². The van der Waals surface area contributed by atoms with Gasteiger partial charge >= 0.3 is 0 Å². The predicted octanol–water partition coefficient (Wildman–Crippen LogP) is 2.54. The van der Waals surface area contributed by atoms with E-state index in [-0.39, 0.29) is 0 Å². The summed E-state index contributed by atoms with van der Waals surface area (Å²) in [6, 6.07) is 5.54. The smallest absolute Gasteiger partial charge is 0.0498 e. The van der Waals surface area contributed by atoms with Gasteiger partial charge in [0.1, 0.15) is 0 Å². The third kappa shape index (κ3) is 3.40. The molecule has 2 nitrogen and oxygen atoms in total. The molecule has 3 N–H and O–H groups in total. The zero-order valence-corrected chi connectivity index (χ0v) is 9.01. The van der Waals surface area contributed by atoms with Crippen LogP contribution in [-0.2, 0) is 0 Å². The normalized spacial score (nSPS) is 11.0. The lowest BCUT2D eigenvalue weighted by atomic mass is 10.2. The van der Waals surface area contributed by atoms with Crippen molar-refractivity contribution in [1.82, 2.24) is 5.32 Å². The van der Waals surface area contributed by atoms with Crippen molar-refractivity contribution < 1.29 is 0 Å². The first-order valence-electron chi connectivity index (χ1n) is 4.60. The second-order valence-electron chi connectivity index (χ2n) is 3.08. The van der Waals surface area contributed by atoms with Gasteiger partial charge in [-0.2, -0.15) is 0 Å². The summed E-state index contributed by atoms with van der Waals surface area (Å²) in [6.07, 6.45) is 5.10. The Morgan fingerprint density at radius 3 is 2.93 bits per heavy atom. The average molecular weight is 211 g/mol. The van der Waals surface area contributed by atoms with Crippen LogP contribution in [0.5, 0.6) is 0 Å². The third-order valence-corrected chi connectivity index (χ3v) is 2.21. The number of anilines is 1. The molecule has 0 saturated carbocycles. The standard InChI is InChI=1S/C11H15ClN2/c1-14-7-3-2-4-9-5-6-10(13)8-11(9)12/h2,4-6,8,14H,3,7,13H2,1H3. The molecule has 0 fully saturated rings. The topological polar surface area (TPSA) is 38.0 Å². The maximum Gasteiger partial charge on any atom is 0.0498 e. The molecule has 0 atom stereocenters. The van der Waals surface area contributed by atoms with Crippen LogP contribution in [0.15, 0.2) is 24.3 Å². The van der Waals surface area contributed by atoms with Crippen LogP contribution in [0.2, 0.25) is 5.02 Å². The van der Waals surface area contributed by atoms with E-state index in [0.717, 1.165) is 18.5 Å². The lowest BCUT2D eigenvalue weighted by molar-refractivity contribution is 0.809. The minimum absolute atomic E-state index is 0.697. The predicted molar refractivity (Wildman–Crippen MR) is 63.4 cm³/mol. The molecule has 76 valence electrons. The molecule has 1 aromatic rings. The quantitative estimate of drug-likeness (QED) is 0.592. The summed E-state index contributed by atoms with van der Waals surface area (Å²) in [5.41, 5.74) is 7.29. The Morgan fingerprint density at radius 1 is 1.50 bits per heavy atom. The summed E-state index contributed by atoms with van der Waals surface area (Å²) in [5.74, 6) is 0. The number of hydrogen-bond donors (Lipinski definition) is 2. The first-order valence-corrected chi connectivity index (χ1v) is 4.98. The van der Waals surface area contributed by atoms with Crippen molar-refractivity contribution in [2.75, 3.05) is 19.3 Å². The van der Waals surface area contributed by atoms with Crippen molar-refractivity contribution in [2.45, 2.75) is 6.42 Å². The summed E-state index contributed by atoms with van der Waals surface area (Å²) in [6.45, 7) is 0.975. The first kappa shape index (κ1) is 11.1. The van der Waals surface area contributed by atoms with Crippen molar-refractivity contribution in [2.24, 2.45) is 0 Å². The molecule has 0 spiro atoms. The van der Waals surface area contributed by atoms with Gasteiger partial charge in [-0.05, 0) is 37.7 Å². The minimum Gasteiger partial charge on any atom is -0.399 e. The number of hydrogen-bond acceptors (Lipinski definition) is 2. The number of nitrogen functional groups attached to an aromatic ring is 1. The number of rotatable bonds is 4. The van der Waals surface area contributed by atoms with Gasteiger partial charge in [-0.3, -0.25) is 0 Å². The molecule has 1 rings (SSSR count). The molecule has 0 bridgehead atoms. The Balaban J connectivity index is 2.62. The Kier molecular flexibility index (Phi) is 4.50. The zero-order valence-electron chi connectivity index (χ0n) is 8.26. The zero-order chi connectivity index (χ0) is 10.4. The largest absolute Gasteiger partial charge is 0.399 e. The summed E-state index contributed by atoms with van der Waals surface area (Å²) >= 11 is 6.00. The molecular weight excluding hydrogens is 196 g/mol. The second-order valence-corrected chi connectivity index (χ2v) is 3.48. The third-order valence-electron chi connectivity index (χ3n) is 1.88. The van der Waals surface area contributed by atoms with Gasteiger partial charge in [-0.15, -0.1) is 0 Å². The van der Waals surface area contributed by atoms with Gasteiger partial charge in [0.15, 0.2) is 0 Å². The summed E-state index contributed by atoms with van der Waals surface area (Å²) in [7, 11) is 1.93. The molecule has 0 heterocycles. The van der Waals surface area contributed by atoms with Gasteiger partial charge in [-0.1, -0.05) is 29.8 Å². The lowest BCUT2D eigenvalue weighted by Crippen LogP contribution is -2.05. The molecule has 0 amide bonds. The van der Waals surface area contributed by atoms with Crippen LogP contribution in [0.1, 0.15) is 12.0 Å². The number of nitrogens with one attached hydrogen (secondary N) is 1. The van der Waals surface area contributed by atoms with Gasteiger partial charge in [0.25, 0.3) is 0 Å². The van der Waals surface area contributed by atoms with Crippen LogP contribution in [0.4, 0.5) is 5.69 Å². The molecule has 1 aromatic carbocycles. The fourth-order valence-corrected chi connectivity index (χ4v) is 1.37. The minimum atomic E-state index is 0.697. The SMILES string of the molecule is CNCCC=Cc1ccc(N)cc1Cl. The highest BCUT2D eigenvalue weighted by Gasteiger charge is 1.95. The van der Waals surface area contributed by atoms with Crippen LogP contribution >= 0.6 is 11.6 Å². The van der Waals surface area contributed by atoms with Crippen molar-refractivity contribution >= 4 is 23.4 Å². The van der Waals surface area contributed by atoms with Gasteiger partial charge < -0.3 is 11.1 Å². The van der Waals surface area contributed by atoms with Crippen molar-refractivity contribution in [3.8, 4) is 0 Å². The molecule has 0 aliphatic heterocycles. The van der Waals surface area contributed by atoms with Crippen LogP contribution in [0.25, 0.3) is 6.08 Å². The molecule has 0 aliphatic carbocycles. The van der Waals surface area contributed by atoms with Crippen molar-refractivity contribution in [1.29, 1.82) is 0 Å². The fraction of sp³-hybridized carbons (Fsp3) is 0.273. The van der Waals surface area contributed by atoms with Gasteiger partial charge in [0.05, 0.1) is 0 Å². The maximum atomic E-state index is 6.00. The van der Waals surface area contributed by atoms with E-state index in [2.05, 4.69) is 11.4 Å². The average Bonchev–Trinajstić information content (AvgIpc) is 2.15. The monoisotopic (exact) mass is 210 g/mol. The highest BCUT2D eigenvalue weighted by Crippen LogP contribution is 2.20. The van der Waals surface area contributed by atoms with Crippen molar-refractivity contribution in [3.05, 3.63) is 34.9 Å². The van der Waals surface area contributed by atoms with Gasteiger partial charge in [0.2, 0.25) is 0 Å². The maximum absolute atomic E-state index is 6.00. The van der Waals surface area contributed by atoms with E-state index >= 15 is 0 Å². The van der Waals surface area contributed by atoms with Crippen LogP contribution in [-0.4, -0.2) is 13.6 Å². The summed E-state index contributed by atoms with van der Waals surface area (Å²) in [4.78, 5) is 0. The summed E-state index contributed by atoms with van der Waals surface area (Å²) in [5, 5.41) is 3.77. The Bertz CT molecular complexity index is 321. The highest BCUT2D eigenvalue weighted by molar-refractivity contribution is 6.32. The van der Waals surface area contributed by atoms with E-state index in [9.17, 15) is 0 Å². The number of nitrogens with two attached hydrogens (primary N) is 1. The first-order chi connectivity index (χ1) is 6.74. The number of benzene rings is 1. The lowest BCUT2D eigenvalue weighted by Gasteiger charge is -1.99. The van der Waals surface area contributed by atoms with E-state index in [0.29, 0.717) is 10.7 Å². The Labute approximate surface area is 89.8 Å². The summed E-state index contributed by atoms with van der Waals surface area (Å²) < 4.78 is 0. The molecular formula is C11H15ClN2. The van der Waals surface area contributed by atoms with Gasteiger partial charge in [-0.25, -0.2) is 0 Å². The molecule has 3 heteroatoms. The van der Waals surface area contributed by atoms with Gasteiger partial charge in [0, 0.05) is 10.7 Å². The van der Waals surface area contributed by atoms with E-state index in [1.165, 1.54) is 0 Å². The number of halogens is 1.